The maximum atomic E-state index is 12.7. The van der Waals surface area contributed by atoms with Gasteiger partial charge in [-0.1, -0.05) is 20.8 Å². The van der Waals surface area contributed by atoms with E-state index in [1.54, 1.807) is 23.5 Å². The molecule has 0 spiro atoms. The second kappa shape index (κ2) is 8.44. The maximum Gasteiger partial charge on any atom is 0.244 e. The monoisotopic (exact) mass is 423 g/mol. The molecule has 2 aromatic heterocycles. The number of sulfonamides is 1. The Morgan fingerprint density at radius 2 is 1.89 bits per heavy atom. The van der Waals surface area contributed by atoms with Crippen LogP contribution in [0.4, 0.5) is 5.82 Å². The molecule has 3 heterocycles. The average molecular weight is 424 g/mol. The quantitative estimate of drug-likeness (QED) is 0.769. The Hall–Kier alpha value is -1.55. The van der Waals surface area contributed by atoms with Crippen molar-refractivity contribution < 1.29 is 8.42 Å². The van der Waals surface area contributed by atoms with E-state index in [0.29, 0.717) is 25.5 Å². The molecule has 1 fully saturated rings. The molecule has 3 rings (SSSR count). The molecular weight excluding hydrogens is 394 g/mol. The van der Waals surface area contributed by atoms with Gasteiger partial charge in [0.25, 0.3) is 0 Å². The second-order valence-corrected chi connectivity index (χ2v) is 11.0. The summed E-state index contributed by atoms with van der Waals surface area (Å²) in [7, 11) is -1.47. The summed E-state index contributed by atoms with van der Waals surface area (Å²) in [4.78, 5) is 11.3. The van der Waals surface area contributed by atoms with Crippen LogP contribution in [-0.2, 0) is 21.9 Å². The fraction of sp³-hybridized carbons (Fsp3) is 0.579. The van der Waals surface area contributed by atoms with Gasteiger partial charge in [-0.15, -0.1) is 11.3 Å². The van der Waals surface area contributed by atoms with Gasteiger partial charge < -0.3 is 10.2 Å². The molecule has 1 saturated heterocycles. The molecule has 0 atom stereocenters. The van der Waals surface area contributed by atoms with Crippen LogP contribution in [0.2, 0.25) is 0 Å². The van der Waals surface area contributed by atoms with E-state index in [0.717, 1.165) is 30.2 Å². The zero-order valence-corrected chi connectivity index (χ0v) is 18.6. The van der Waals surface area contributed by atoms with Gasteiger partial charge in [0.15, 0.2) is 0 Å². The third-order valence-electron chi connectivity index (χ3n) is 4.72. The third kappa shape index (κ3) is 5.08. The maximum absolute atomic E-state index is 12.7. The third-order valence-corrected chi connectivity index (χ3v) is 7.92. The number of nitrogens with zero attached hydrogens (tertiary/aromatic N) is 4. The molecule has 7 nitrogen and oxygen atoms in total. The molecule has 0 aliphatic carbocycles. The number of hydrogen-bond acceptors (Lipinski definition) is 7. The van der Waals surface area contributed by atoms with E-state index < -0.39 is 10.0 Å². The fourth-order valence-corrected chi connectivity index (χ4v) is 5.21. The molecule has 0 bridgehead atoms. The van der Waals surface area contributed by atoms with Gasteiger partial charge in [0.2, 0.25) is 10.0 Å². The Morgan fingerprint density at radius 3 is 2.46 bits per heavy atom. The van der Waals surface area contributed by atoms with E-state index >= 15 is 0 Å². The number of nitrogens with one attached hydrogen (secondary N) is 1. The summed E-state index contributed by atoms with van der Waals surface area (Å²) in [5.41, 5.74) is 1.14. The number of rotatable bonds is 6. The molecule has 1 N–H and O–H groups in total. The lowest BCUT2D eigenvalue weighted by molar-refractivity contribution is 0.222. The Morgan fingerprint density at radius 1 is 1.18 bits per heavy atom. The first kappa shape index (κ1) is 21.2. The van der Waals surface area contributed by atoms with E-state index in [-0.39, 0.29) is 10.3 Å². The number of thiazole rings is 1. The number of piperazine rings is 1. The van der Waals surface area contributed by atoms with Crippen LogP contribution in [0.15, 0.2) is 28.6 Å². The number of aromatic nitrogens is 2. The van der Waals surface area contributed by atoms with Gasteiger partial charge in [0.1, 0.15) is 10.7 Å². The van der Waals surface area contributed by atoms with E-state index in [1.165, 1.54) is 10.5 Å². The van der Waals surface area contributed by atoms with Crippen molar-refractivity contribution in [3.63, 3.8) is 0 Å². The minimum absolute atomic E-state index is 0.0724. The highest BCUT2D eigenvalue weighted by molar-refractivity contribution is 7.89. The van der Waals surface area contributed by atoms with Crippen molar-refractivity contribution in [3.05, 3.63) is 34.4 Å². The lowest BCUT2D eigenvalue weighted by atomic mass is 9.98. The molecule has 0 radical (unpaired) electrons. The van der Waals surface area contributed by atoms with Crippen molar-refractivity contribution in [1.82, 2.24) is 19.2 Å². The fourth-order valence-electron chi connectivity index (χ4n) is 2.90. The molecule has 0 unspecified atom stereocenters. The Kier molecular flexibility index (Phi) is 6.38. The van der Waals surface area contributed by atoms with E-state index in [1.807, 2.05) is 7.05 Å². The van der Waals surface area contributed by atoms with E-state index in [2.05, 4.69) is 46.3 Å². The molecule has 28 heavy (non-hydrogen) atoms. The number of anilines is 1. The lowest BCUT2D eigenvalue weighted by Gasteiger charge is -2.31. The molecule has 9 heteroatoms. The summed E-state index contributed by atoms with van der Waals surface area (Å²) in [6.45, 7) is 9.72. The standard InChI is InChI=1S/C19H29N5O2S2/c1-19(2,3)18-22-15(14-27-18)7-8-20-17-6-5-16(13-21-17)28(25,26)24-11-9-23(4)10-12-24/h5-6,13-14H,7-12H2,1-4H3,(H,20,21). The second-order valence-electron chi connectivity index (χ2n) is 8.16. The first-order valence-electron chi connectivity index (χ1n) is 9.50. The highest BCUT2D eigenvalue weighted by Crippen LogP contribution is 2.25. The summed E-state index contributed by atoms with van der Waals surface area (Å²) < 4.78 is 27.0. The van der Waals surface area contributed by atoms with Gasteiger partial charge in [-0.25, -0.2) is 18.4 Å². The highest BCUT2D eigenvalue weighted by atomic mass is 32.2. The minimum atomic E-state index is -3.47. The number of likely N-dealkylation sites (N-methyl/N-ethyl adjacent to an activating group) is 1. The molecule has 0 saturated carbocycles. The average Bonchev–Trinajstić information content (AvgIpc) is 3.12. The predicted molar refractivity (Wildman–Crippen MR) is 114 cm³/mol. The van der Waals surface area contributed by atoms with E-state index in [9.17, 15) is 8.42 Å². The smallest absolute Gasteiger partial charge is 0.244 e. The predicted octanol–water partition coefficient (Wildman–Crippen LogP) is 2.43. The first-order valence-corrected chi connectivity index (χ1v) is 11.8. The Labute approximate surface area is 171 Å². The summed E-state index contributed by atoms with van der Waals surface area (Å²) in [5, 5.41) is 6.48. The van der Waals surface area contributed by atoms with Crippen LogP contribution in [0.5, 0.6) is 0 Å². The molecule has 2 aromatic rings. The topological polar surface area (TPSA) is 78.4 Å². The normalized spacial score (nSPS) is 17.0. The van der Waals surface area contributed by atoms with Gasteiger partial charge in [-0.05, 0) is 19.2 Å². The molecule has 0 aromatic carbocycles. The van der Waals surface area contributed by atoms with Crippen molar-refractivity contribution in [2.75, 3.05) is 45.1 Å². The SMILES string of the molecule is CN1CCN(S(=O)(=O)c2ccc(NCCc3csc(C(C)(C)C)n3)nc2)CC1. The molecule has 0 amide bonds. The Bertz CT molecular complexity index is 880. The van der Waals surface area contributed by atoms with Crippen LogP contribution in [0.1, 0.15) is 31.5 Å². The van der Waals surface area contributed by atoms with E-state index in [4.69, 9.17) is 0 Å². The summed E-state index contributed by atoms with van der Waals surface area (Å²) in [6.07, 6.45) is 2.24. The molecule has 1 aliphatic heterocycles. The summed E-state index contributed by atoms with van der Waals surface area (Å²) in [6, 6.07) is 3.36. The lowest BCUT2D eigenvalue weighted by Crippen LogP contribution is -2.47. The van der Waals surface area contributed by atoms with Crippen LogP contribution in [-0.4, -0.2) is 67.4 Å². The summed E-state index contributed by atoms with van der Waals surface area (Å²) >= 11 is 1.69. The van der Waals surface area contributed by atoms with Crippen molar-refractivity contribution in [3.8, 4) is 0 Å². The van der Waals surface area contributed by atoms with Gasteiger partial charge >= 0.3 is 0 Å². The van der Waals surface area contributed by atoms with Crippen LogP contribution in [0, 0.1) is 0 Å². The van der Waals surface area contributed by atoms with Gasteiger partial charge in [0, 0.05) is 56.1 Å². The van der Waals surface area contributed by atoms with Crippen LogP contribution in [0.25, 0.3) is 0 Å². The Balaban J connectivity index is 1.55. The molecular formula is C19H29N5O2S2. The van der Waals surface area contributed by atoms with Gasteiger partial charge in [-0.3, -0.25) is 0 Å². The van der Waals surface area contributed by atoms with Gasteiger partial charge in [0.05, 0.1) is 10.7 Å². The van der Waals surface area contributed by atoms with Crippen molar-refractivity contribution in [2.45, 2.75) is 37.5 Å². The van der Waals surface area contributed by atoms with Crippen LogP contribution >= 0.6 is 11.3 Å². The van der Waals surface area contributed by atoms with Crippen LogP contribution < -0.4 is 5.32 Å². The van der Waals surface area contributed by atoms with Crippen molar-refractivity contribution in [2.24, 2.45) is 0 Å². The zero-order chi connectivity index (χ0) is 20.4. The minimum Gasteiger partial charge on any atom is -0.370 e. The summed E-state index contributed by atoms with van der Waals surface area (Å²) in [5.74, 6) is 0.670. The van der Waals surface area contributed by atoms with Crippen molar-refractivity contribution >= 4 is 27.2 Å². The largest absolute Gasteiger partial charge is 0.370 e. The number of pyridine rings is 1. The molecule has 154 valence electrons. The highest BCUT2D eigenvalue weighted by Gasteiger charge is 2.27. The molecule has 1 aliphatic rings. The van der Waals surface area contributed by atoms with Crippen molar-refractivity contribution in [1.29, 1.82) is 0 Å². The first-order chi connectivity index (χ1) is 13.2. The van der Waals surface area contributed by atoms with Crippen LogP contribution in [0.3, 0.4) is 0 Å². The van der Waals surface area contributed by atoms with Gasteiger partial charge in [-0.2, -0.15) is 4.31 Å². The number of hydrogen-bond donors (Lipinski definition) is 1. The zero-order valence-electron chi connectivity index (χ0n) is 17.0.